The molecule has 1 unspecified atom stereocenters. The van der Waals surface area contributed by atoms with Crippen LogP contribution in [0.4, 0.5) is 0 Å². The first kappa shape index (κ1) is 14.0. The Hall–Kier alpha value is 0.0600. The lowest BCUT2D eigenvalue weighted by atomic mass is 9.85. The third-order valence-corrected chi connectivity index (χ3v) is 6.75. The van der Waals surface area contributed by atoms with Crippen LogP contribution in [-0.2, 0) is 0 Å². The predicted molar refractivity (Wildman–Crippen MR) is 84.1 cm³/mol. The molecule has 1 saturated carbocycles. The maximum Gasteiger partial charge on any atom is 0.0748 e. The van der Waals surface area contributed by atoms with E-state index in [1.165, 1.54) is 61.0 Å². The smallest absolute Gasteiger partial charge is 0.0748 e. The highest BCUT2D eigenvalue weighted by molar-refractivity contribution is 9.10. The minimum Gasteiger partial charge on any atom is -0.296 e. The SMILES string of the molecule is NNC(c1sccc1Br)C1(N2CCCC2)CCCC1. The zero-order chi connectivity index (χ0) is 13.3. The molecule has 1 aromatic rings. The number of hydrogen-bond acceptors (Lipinski definition) is 4. The molecule has 3 N–H and O–H groups in total. The van der Waals surface area contributed by atoms with Gasteiger partial charge in [-0.15, -0.1) is 11.3 Å². The standard InChI is InChI=1S/C14H22BrN3S/c15-11-5-10-19-12(11)13(17-16)14(6-1-2-7-14)18-8-3-4-9-18/h5,10,13,17H,1-4,6-9,16H2. The van der Waals surface area contributed by atoms with Gasteiger partial charge in [0.15, 0.2) is 0 Å². The summed E-state index contributed by atoms with van der Waals surface area (Å²) < 4.78 is 1.20. The van der Waals surface area contributed by atoms with Gasteiger partial charge in [-0.2, -0.15) is 0 Å². The molecule has 2 fully saturated rings. The van der Waals surface area contributed by atoms with E-state index in [1.54, 1.807) is 0 Å². The van der Waals surface area contributed by atoms with Crippen molar-refractivity contribution in [1.82, 2.24) is 10.3 Å². The summed E-state index contributed by atoms with van der Waals surface area (Å²) in [6.07, 6.45) is 7.88. The van der Waals surface area contributed by atoms with Crippen molar-refractivity contribution in [3.63, 3.8) is 0 Å². The summed E-state index contributed by atoms with van der Waals surface area (Å²) in [5.41, 5.74) is 3.38. The molecule has 1 saturated heterocycles. The Balaban J connectivity index is 1.95. The van der Waals surface area contributed by atoms with E-state index in [4.69, 9.17) is 5.84 Å². The molecule has 106 valence electrons. The van der Waals surface area contributed by atoms with Gasteiger partial charge in [-0.1, -0.05) is 12.8 Å². The minimum atomic E-state index is 0.235. The van der Waals surface area contributed by atoms with Crippen LogP contribution in [0.5, 0.6) is 0 Å². The van der Waals surface area contributed by atoms with Gasteiger partial charge in [0.05, 0.1) is 6.04 Å². The van der Waals surface area contributed by atoms with Crippen molar-refractivity contribution in [3.05, 3.63) is 20.8 Å². The molecule has 3 rings (SSSR count). The lowest BCUT2D eigenvalue weighted by Gasteiger charge is -2.44. The summed E-state index contributed by atoms with van der Waals surface area (Å²) in [5, 5.41) is 2.15. The first-order chi connectivity index (χ1) is 9.28. The molecule has 2 heterocycles. The van der Waals surface area contributed by atoms with Crippen LogP contribution in [-0.4, -0.2) is 23.5 Å². The second kappa shape index (κ2) is 5.82. The molecular formula is C14H22BrN3S. The van der Waals surface area contributed by atoms with Gasteiger partial charge in [-0.05, 0) is 66.1 Å². The number of hydrazine groups is 1. The first-order valence-corrected chi connectivity index (χ1v) is 8.89. The van der Waals surface area contributed by atoms with Crippen molar-refractivity contribution in [1.29, 1.82) is 0 Å². The molecule has 0 radical (unpaired) electrons. The van der Waals surface area contributed by atoms with Crippen LogP contribution in [0.25, 0.3) is 0 Å². The quantitative estimate of drug-likeness (QED) is 0.650. The van der Waals surface area contributed by atoms with Crippen molar-refractivity contribution in [2.24, 2.45) is 5.84 Å². The third kappa shape index (κ3) is 2.40. The highest BCUT2D eigenvalue weighted by Crippen LogP contribution is 2.48. The van der Waals surface area contributed by atoms with Gasteiger partial charge in [-0.3, -0.25) is 16.2 Å². The van der Waals surface area contributed by atoms with Gasteiger partial charge < -0.3 is 0 Å². The van der Waals surface area contributed by atoms with E-state index in [0.29, 0.717) is 0 Å². The van der Waals surface area contributed by atoms with E-state index in [-0.39, 0.29) is 11.6 Å². The molecule has 1 aliphatic heterocycles. The van der Waals surface area contributed by atoms with E-state index in [9.17, 15) is 0 Å². The second-order valence-corrected chi connectivity index (χ2v) is 7.54. The zero-order valence-electron chi connectivity index (χ0n) is 11.2. The average molecular weight is 344 g/mol. The predicted octanol–water partition coefficient (Wildman–Crippen LogP) is 3.42. The monoisotopic (exact) mass is 343 g/mol. The number of rotatable bonds is 4. The Bertz CT molecular complexity index is 422. The van der Waals surface area contributed by atoms with Crippen LogP contribution in [0.15, 0.2) is 15.9 Å². The normalized spacial score (nSPS) is 24.9. The molecule has 0 aromatic carbocycles. The van der Waals surface area contributed by atoms with E-state index >= 15 is 0 Å². The van der Waals surface area contributed by atoms with Crippen LogP contribution in [0, 0.1) is 0 Å². The Kier molecular flexibility index (Phi) is 4.29. The number of nitrogens with zero attached hydrogens (tertiary/aromatic N) is 1. The van der Waals surface area contributed by atoms with E-state index < -0.39 is 0 Å². The van der Waals surface area contributed by atoms with Crippen molar-refractivity contribution in [3.8, 4) is 0 Å². The average Bonchev–Trinajstić information content (AvgIpc) is 3.12. The van der Waals surface area contributed by atoms with E-state index in [0.717, 1.165) is 0 Å². The number of nitrogens with two attached hydrogens (primary N) is 1. The minimum absolute atomic E-state index is 0.235. The fourth-order valence-electron chi connectivity index (χ4n) is 3.92. The molecule has 0 bridgehead atoms. The second-order valence-electron chi connectivity index (χ2n) is 5.74. The number of hydrogen-bond donors (Lipinski definition) is 2. The van der Waals surface area contributed by atoms with Crippen LogP contribution < -0.4 is 11.3 Å². The fourth-order valence-corrected chi connectivity index (χ4v) is 5.69. The van der Waals surface area contributed by atoms with Gasteiger partial charge in [0.2, 0.25) is 0 Å². The summed E-state index contributed by atoms with van der Waals surface area (Å²) >= 11 is 5.49. The summed E-state index contributed by atoms with van der Waals surface area (Å²) in [5.74, 6) is 5.97. The number of likely N-dealkylation sites (tertiary alicyclic amines) is 1. The Labute approximate surface area is 127 Å². The fraction of sp³-hybridized carbons (Fsp3) is 0.714. The Morgan fingerprint density at radius 2 is 1.95 bits per heavy atom. The number of nitrogens with one attached hydrogen (secondary N) is 1. The summed E-state index contributed by atoms with van der Waals surface area (Å²) in [6, 6.07) is 2.39. The topological polar surface area (TPSA) is 41.3 Å². The molecule has 0 amide bonds. The summed E-state index contributed by atoms with van der Waals surface area (Å²) in [6.45, 7) is 2.47. The zero-order valence-corrected chi connectivity index (χ0v) is 13.6. The van der Waals surface area contributed by atoms with Gasteiger partial charge in [0, 0.05) is 14.9 Å². The molecule has 19 heavy (non-hydrogen) atoms. The molecule has 3 nitrogen and oxygen atoms in total. The lowest BCUT2D eigenvalue weighted by molar-refractivity contribution is 0.0776. The van der Waals surface area contributed by atoms with Gasteiger partial charge in [0.1, 0.15) is 0 Å². The number of thiophene rings is 1. The first-order valence-electron chi connectivity index (χ1n) is 7.22. The van der Waals surface area contributed by atoms with Crippen molar-refractivity contribution in [2.75, 3.05) is 13.1 Å². The molecule has 1 atom stereocenters. The van der Waals surface area contributed by atoms with Crippen LogP contribution in [0.1, 0.15) is 49.4 Å². The Morgan fingerprint density at radius 1 is 1.26 bits per heavy atom. The van der Waals surface area contributed by atoms with Crippen LogP contribution in [0.3, 0.4) is 0 Å². The number of halogens is 1. The summed E-state index contributed by atoms with van der Waals surface area (Å²) in [4.78, 5) is 4.06. The van der Waals surface area contributed by atoms with E-state index in [2.05, 4.69) is 37.7 Å². The molecule has 1 aliphatic carbocycles. The van der Waals surface area contributed by atoms with Gasteiger partial charge in [0.25, 0.3) is 0 Å². The van der Waals surface area contributed by atoms with Crippen LogP contribution in [0.2, 0.25) is 0 Å². The molecule has 5 heteroatoms. The molecular weight excluding hydrogens is 322 g/mol. The van der Waals surface area contributed by atoms with Crippen LogP contribution >= 0.6 is 27.3 Å². The van der Waals surface area contributed by atoms with Crippen molar-refractivity contribution >= 4 is 27.3 Å². The Morgan fingerprint density at radius 3 is 2.47 bits per heavy atom. The van der Waals surface area contributed by atoms with Gasteiger partial charge in [-0.25, -0.2) is 0 Å². The molecule has 1 aromatic heterocycles. The maximum atomic E-state index is 5.97. The summed E-state index contributed by atoms with van der Waals surface area (Å²) in [7, 11) is 0. The lowest BCUT2D eigenvalue weighted by Crippen LogP contribution is -2.55. The van der Waals surface area contributed by atoms with Gasteiger partial charge >= 0.3 is 0 Å². The van der Waals surface area contributed by atoms with Crippen molar-refractivity contribution in [2.45, 2.75) is 50.1 Å². The maximum absolute atomic E-state index is 5.97. The third-order valence-electron chi connectivity index (χ3n) is 4.82. The highest BCUT2D eigenvalue weighted by Gasteiger charge is 2.47. The molecule has 0 spiro atoms. The van der Waals surface area contributed by atoms with Crippen molar-refractivity contribution < 1.29 is 0 Å². The largest absolute Gasteiger partial charge is 0.296 e. The van der Waals surface area contributed by atoms with E-state index in [1.807, 2.05) is 11.3 Å². The highest BCUT2D eigenvalue weighted by atomic mass is 79.9. The molecule has 2 aliphatic rings.